The Morgan fingerprint density at radius 3 is 2.59 bits per heavy atom. The fourth-order valence-corrected chi connectivity index (χ4v) is 4.05. The molecule has 0 saturated heterocycles. The predicted octanol–water partition coefficient (Wildman–Crippen LogP) is 5.60. The Balaban J connectivity index is 1.59. The zero-order valence-corrected chi connectivity index (χ0v) is 20.2. The van der Waals surface area contributed by atoms with Crippen molar-refractivity contribution in [3.8, 4) is 23.3 Å². The molecule has 3 aromatic carbocycles. The standard InChI is InChI=1S/C28H25N3O6/c1-2-3-4-14-35-21-7-5-6-19(15-21)26-23-13-12-22(16-25(23)37-27(30)24(26)17-29)36-28(32)18-8-10-20(11-9-18)31(33)34/h5-13,15-16,26H,2-4,14,30H2,1H3. The Hall–Kier alpha value is -4.84. The lowest BCUT2D eigenvalue weighted by atomic mass is 9.83. The summed E-state index contributed by atoms with van der Waals surface area (Å²) in [5.74, 6) is 0.0369. The highest BCUT2D eigenvalue weighted by atomic mass is 16.6. The van der Waals surface area contributed by atoms with Crippen LogP contribution in [0.5, 0.6) is 17.2 Å². The molecule has 3 aromatic rings. The number of hydrogen-bond acceptors (Lipinski definition) is 8. The van der Waals surface area contributed by atoms with Crippen LogP contribution in [-0.2, 0) is 0 Å². The van der Waals surface area contributed by atoms with Gasteiger partial charge in [0.25, 0.3) is 5.69 Å². The van der Waals surface area contributed by atoms with Gasteiger partial charge in [-0.15, -0.1) is 0 Å². The molecule has 37 heavy (non-hydrogen) atoms. The van der Waals surface area contributed by atoms with Gasteiger partial charge in [-0.3, -0.25) is 10.1 Å². The first-order chi connectivity index (χ1) is 17.9. The van der Waals surface area contributed by atoms with Crippen LogP contribution in [0.4, 0.5) is 5.69 Å². The van der Waals surface area contributed by atoms with E-state index in [2.05, 4.69) is 13.0 Å². The number of rotatable bonds is 9. The third-order valence-electron chi connectivity index (χ3n) is 5.92. The van der Waals surface area contributed by atoms with Crippen LogP contribution in [0.15, 0.2) is 78.2 Å². The van der Waals surface area contributed by atoms with E-state index in [1.54, 1.807) is 12.1 Å². The van der Waals surface area contributed by atoms with Crippen LogP contribution >= 0.6 is 0 Å². The number of hydrogen-bond donors (Lipinski definition) is 1. The maximum Gasteiger partial charge on any atom is 0.343 e. The first kappa shape index (κ1) is 25.3. The molecule has 0 saturated carbocycles. The normalized spacial score (nSPS) is 14.2. The molecule has 9 nitrogen and oxygen atoms in total. The molecule has 0 aromatic heterocycles. The number of nitro groups is 1. The summed E-state index contributed by atoms with van der Waals surface area (Å²) in [4.78, 5) is 22.8. The molecule has 2 N–H and O–H groups in total. The van der Waals surface area contributed by atoms with E-state index in [0.717, 1.165) is 24.8 Å². The maximum atomic E-state index is 12.6. The van der Waals surface area contributed by atoms with E-state index in [-0.39, 0.29) is 28.5 Å². The van der Waals surface area contributed by atoms with Gasteiger partial charge in [0.15, 0.2) is 0 Å². The van der Waals surface area contributed by atoms with Gasteiger partial charge in [-0.05, 0) is 42.3 Å². The number of fused-ring (bicyclic) bond motifs is 1. The molecule has 1 aliphatic heterocycles. The number of nitrogens with two attached hydrogens (primary N) is 1. The topological polar surface area (TPSA) is 138 Å². The number of nitrogens with zero attached hydrogens (tertiary/aromatic N) is 2. The van der Waals surface area contributed by atoms with Crippen molar-refractivity contribution in [2.45, 2.75) is 32.1 Å². The minimum atomic E-state index is -0.684. The lowest BCUT2D eigenvalue weighted by Gasteiger charge is -2.27. The molecule has 1 atom stereocenters. The average Bonchev–Trinajstić information content (AvgIpc) is 2.90. The van der Waals surface area contributed by atoms with Crippen LogP contribution in [0, 0.1) is 21.4 Å². The molecule has 9 heteroatoms. The fraction of sp³-hybridized carbons (Fsp3) is 0.214. The molecule has 0 radical (unpaired) electrons. The molecular weight excluding hydrogens is 474 g/mol. The Bertz CT molecular complexity index is 1390. The Kier molecular flexibility index (Phi) is 7.69. The van der Waals surface area contributed by atoms with Crippen molar-refractivity contribution in [2.24, 2.45) is 5.73 Å². The summed E-state index contributed by atoms with van der Waals surface area (Å²) >= 11 is 0. The van der Waals surface area contributed by atoms with Crippen molar-refractivity contribution in [3.05, 3.63) is 105 Å². The number of ether oxygens (including phenoxy) is 3. The van der Waals surface area contributed by atoms with Crippen molar-refractivity contribution in [1.29, 1.82) is 5.26 Å². The van der Waals surface area contributed by atoms with E-state index in [4.69, 9.17) is 19.9 Å². The highest BCUT2D eigenvalue weighted by molar-refractivity contribution is 5.91. The van der Waals surface area contributed by atoms with Crippen LogP contribution in [-0.4, -0.2) is 17.5 Å². The lowest BCUT2D eigenvalue weighted by molar-refractivity contribution is -0.384. The summed E-state index contributed by atoms with van der Waals surface area (Å²) in [6.07, 6.45) is 3.14. The Morgan fingerprint density at radius 1 is 1.11 bits per heavy atom. The van der Waals surface area contributed by atoms with Gasteiger partial charge in [0.05, 0.1) is 23.0 Å². The van der Waals surface area contributed by atoms with E-state index in [1.807, 2.05) is 24.3 Å². The smallest absolute Gasteiger partial charge is 0.343 e. The van der Waals surface area contributed by atoms with Crippen molar-refractivity contribution in [2.75, 3.05) is 6.61 Å². The summed E-state index contributed by atoms with van der Waals surface area (Å²) in [6, 6.07) is 19.6. The summed E-state index contributed by atoms with van der Waals surface area (Å²) < 4.78 is 17.1. The molecule has 1 heterocycles. The number of esters is 1. The van der Waals surface area contributed by atoms with Crippen molar-refractivity contribution in [3.63, 3.8) is 0 Å². The monoisotopic (exact) mass is 499 g/mol. The van der Waals surface area contributed by atoms with E-state index in [1.165, 1.54) is 30.3 Å². The molecule has 0 spiro atoms. The lowest BCUT2D eigenvalue weighted by Crippen LogP contribution is -2.21. The SMILES string of the molecule is CCCCCOc1cccc(C2C(C#N)=C(N)Oc3cc(OC(=O)c4ccc([N+](=O)[O-])cc4)ccc32)c1. The molecule has 0 bridgehead atoms. The van der Waals surface area contributed by atoms with Crippen molar-refractivity contribution >= 4 is 11.7 Å². The molecule has 0 aliphatic carbocycles. The number of carbonyl (C=O) groups excluding carboxylic acids is 1. The summed E-state index contributed by atoms with van der Waals surface area (Å²) in [5.41, 5.74) is 7.90. The summed E-state index contributed by atoms with van der Waals surface area (Å²) in [5, 5.41) is 20.7. The number of nitro benzene ring substituents is 1. The number of non-ortho nitro benzene ring substituents is 1. The largest absolute Gasteiger partial charge is 0.494 e. The second-order valence-corrected chi connectivity index (χ2v) is 8.45. The molecule has 0 amide bonds. The maximum absolute atomic E-state index is 12.6. The number of nitriles is 1. The third kappa shape index (κ3) is 5.70. The Labute approximate surface area is 213 Å². The van der Waals surface area contributed by atoms with Gasteiger partial charge >= 0.3 is 5.97 Å². The number of benzene rings is 3. The number of carbonyl (C=O) groups is 1. The van der Waals surface area contributed by atoms with Gasteiger partial charge in [0.2, 0.25) is 5.88 Å². The first-order valence-electron chi connectivity index (χ1n) is 11.8. The first-order valence-corrected chi connectivity index (χ1v) is 11.8. The van der Waals surface area contributed by atoms with Crippen LogP contribution in [0.25, 0.3) is 0 Å². The highest BCUT2D eigenvalue weighted by Crippen LogP contribution is 2.44. The quantitative estimate of drug-likeness (QED) is 0.132. The minimum Gasteiger partial charge on any atom is -0.494 e. The highest BCUT2D eigenvalue weighted by Gasteiger charge is 2.31. The van der Waals surface area contributed by atoms with E-state index < -0.39 is 16.8 Å². The average molecular weight is 500 g/mol. The van der Waals surface area contributed by atoms with Gasteiger partial charge in [0.1, 0.15) is 28.9 Å². The van der Waals surface area contributed by atoms with Crippen LogP contribution in [0.1, 0.15) is 53.6 Å². The number of allylic oxidation sites excluding steroid dienone is 1. The molecule has 188 valence electrons. The molecular formula is C28H25N3O6. The second kappa shape index (κ2) is 11.3. The van der Waals surface area contributed by atoms with Crippen LogP contribution in [0.3, 0.4) is 0 Å². The van der Waals surface area contributed by atoms with E-state index in [9.17, 15) is 20.2 Å². The Morgan fingerprint density at radius 2 is 1.89 bits per heavy atom. The fourth-order valence-electron chi connectivity index (χ4n) is 4.05. The van der Waals surface area contributed by atoms with E-state index >= 15 is 0 Å². The van der Waals surface area contributed by atoms with Gasteiger partial charge in [-0.25, -0.2) is 4.79 Å². The third-order valence-corrected chi connectivity index (χ3v) is 5.92. The summed E-state index contributed by atoms with van der Waals surface area (Å²) in [7, 11) is 0. The van der Waals surface area contributed by atoms with Gasteiger partial charge in [0, 0.05) is 23.8 Å². The van der Waals surface area contributed by atoms with Crippen LogP contribution in [0.2, 0.25) is 0 Å². The van der Waals surface area contributed by atoms with Gasteiger partial charge in [-0.2, -0.15) is 5.26 Å². The molecule has 1 aliphatic rings. The zero-order chi connectivity index (χ0) is 26.4. The van der Waals surface area contributed by atoms with E-state index in [0.29, 0.717) is 23.7 Å². The number of unbranched alkanes of at least 4 members (excludes halogenated alkanes) is 2. The summed E-state index contributed by atoms with van der Waals surface area (Å²) in [6.45, 7) is 2.74. The molecule has 0 fully saturated rings. The van der Waals surface area contributed by atoms with Gasteiger partial charge in [-0.1, -0.05) is 38.0 Å². The minimum absolute atomic E-state index is 0.0342. The molecule has 4 rings (SSSR count). The van der Waals surface area contributed by atoms with Gasteiger partial charge < -0.3 is 19.9 Å². The van der Waals surface area contributed by atoms with Crippen molar-refractivity contribution < 1.29 is 23.9 Å². The molecule has 1 unspecified atom stereocenters. The zero-order valence-electron chi connectivity index (χ0n) is 20.2. The van der Waals surface area contributed by atoms with Crippen molar-refractivity contribution in [1.82, 2.24) is 0 Å². The second-order valence-electron chi connectivity index (χ2n) is 8.45. The van der Waals surface area contributed by atoms with Crippen LogP contribution < -0.4 is 19.9 Å². The predicted molar refractivity (Wildman–Crippen MR) is 135 cm³/mol.